The quantitative estimate of drug-likeness (QED) is 0.510. The van der Waals surface area contributed by atoms with Crippen LogP contribution in [0.15, 0.2) is 36.4 Å². The zero-order valence-electron chi connectivity index (χ0n) is 17.6. The smallest absolute Gasteiger partial charge is 0.265 e. The molecule has 2 aliphatic heterocycles. The zero-order chi connectivity index (χ0) is 22.0. The molecule has 0 unspecified atom stereocenters. The molecule has 8 heteroatoms. The van der Waals surface area contributed by atoms with Crippen LogP contribution in [-0.4, -0.2) is 71.7 Å². The number of amides is 3. The van der Waals surface area contributed by atoms with Crippen molar-refractivity contribution in [2.75, 3.05) is 39.3 Å². The van der Waals surface area contributed by atoms with Crippen LogP contribution in [0.2, 0.25) is 5.02 Å². The molecule has 0 N–H and O–H groups in total. The molecule has 166 valence electrons. The lowest BCUT2D eigenvalue weighted by Crippen LogP contribution is -2.50. The van der Waals surface area contributed by atoms with E-state index in [1.54, 1.807) is 0 Å². The van der Waals surface area contributed by atoms with E-state index in [0.29, 0.717) is 36.1 Å². The van der Waals surface area contributed by atoms with E-state index < -0.39 is 0 Å². The van der Waals surface area contributed by atoms with Gasteiger partial charge < -0.3 is 4.90 Å². The first-order valence-electron chi connectivity index (χ1n) is 11.2. The van der Waals surface area contributed by atoms with E-state index in [9.17, 15) is 14.4 Å². The number of imide groups is 1. The number of hydrogen-bond acceptors (Lipinski definition) is 5. The van der Waals surface area contributed by atoms with E-state index in [2.05, 4.69) is 17.1 Å². The SMILES string of the molecule is O=C(c1sc2ccccc2c1Cl)N1CCN(CCN2C(=O)[C@@H]3[C@H](C2=O)[C@H]2C=C[C@@H]3C2)CC1. The van der Waals surface area contributed by atoms with Crippen molar-refractivity contribution in [2.24, 2.45) is 23.7 Å². The predicted octanol–water partition coefficient (Wildman–Crippen LogP) is 3.12. The molecule has 2 bridgehead atoms. The van der Waals surface area contributed by atoms with Gasteiger partial charge in [0.1, 0.15) is 4.88 Å². The Balaban J connectivity index is 1.05. The number of benzene rings is 1. The van der Waals surface area contributed by atoms with Crippen LogP contribution in [0.1, 0.15) is 16.1 Å². The Morgan fingerprint density at radius 2 is 1.62 bits per heavy atom. The number of allylic oxidation sites excluding steroid dienone is 2. The number of fused-ring (bicyclic) bond motifs is 6. The minimum Gasteiger partial charge on any atom is -0.335 e. The lowest BCUT2D eigenvalue weighted by molar-refractivity contribution is -0.141. The number of likely N-dealkylation sites (tertiary alicyclic amines) is 1. The van der Waals surface area contributed by atoms with Crippen LogP contribution in [0.5, 0.6) is 0 Å². The first-order valence-corrected chi connectivity index (χ1v) is 12.4. The molecule has 4 aliphatic rings. The van der Waals surface area contributed by atoms with E-state index in [-0.39, 0.29) is 41.4 Å². The summed E-state index contributed by atoms with van der Waals surface area (Å²) in [6, 6.07) is 7.81. The molecule has 2 aromatic rings. The van der Waals surface area contributed by atoms with Crippen molar-refractivity contribution in [3.63, 3.8) is 0 Å². The molecular weight excluding hydrogens is 446 g/mol. The van der Waals surface area contributed by atoms with E-state index in [1.165, 1.54) is 16.2 Å². The second-order valence-electron chi connectivity index (χ2n) is 9.20. The molecule has 1 aromatic carbocycles. The van der Waals surface area contributed by atoms with Gasteiger partial charge in [0.25, 0.3) is 5.91 Å². The molecular formula is C24H24ClN3O3S. The number of carbonyl (C=O) groups excluding carboxylic acids is 3. The molecule has 2 saturated heterocycles. The maximum absolute atomic E-state index is 13.1. The van der Waals surface area contributed by atoms with Crippen molar-refractivity contribution in [3.8, 4) is 0 Å². The molecule has 6 nitrogen and oxygen atoms in total. The summed E-state index contributed by atoms with van der Waals surface area (Å²) in [5.74, 6) is 0.270. The summed E-state index contributed by atoms with van der Waals surface area (Å²) in [5.41, 5.74) is 0. The lowest BCUT2D eigenvalue weighted by atomic mass is 9.85. The first-order chi connectivity index (χ1) is 15.5. The molecule has 3 heterocycles. The van der Waals surface area contributed by atoms with E-state index in [4.69, 9.17) is 11.6 Å². The molecule has 2 aliphatic carbocycles. The van der Waals surface area contributed by atoms with E-state index >= 15 is 0 Å². The summed E-state index contributed by atoms with van der Waals surface area (Å²) >= 11 is 7.94. The largest absolute Gasteiger partial charge is 0.335 e. The fourth-order valence-corrected chi connectivity index (χ4v) is 7.38. The van der Waals surface area contributed by atoms with Crippen LogP contribution in [0, 0.1) is 23.7 Å². The number of nitrogens with zero attached hydrogens (tertiary/aromatic N) is 3. The monoisotopic (exact) mass is 469 g/mol. The van der Waals surface area contributed by atoms with E-state index in [0.717, 1.165) is 29.6 Å². The van der Waals surface area contributed by atoms with Crippen LogP contribution in [0.4, 0.5) is 0 Å². The second-order valence-corrected chi connectivity index (χ2v) is 10.6. The zero-order valence-corrected chi connectivity index (χ0v) is 19.1. The van der Waals surface area contributed by atoms with Crippen LogP contribution in [-0.2, 0) is 9.59 Å². The van der Waals surface area contributed by atoms with Crippen molar-refractivity contribution in [3.05, 3.63) is 46.3 Å². The van der Waals surface area contributed by atoms with Gasteiger partial charge in [0.05, 0.1) is 16.9 Å². The molecule has 1 saturated carbocycles. The van der Waals surface area contributed by atoms with Gasteiger partial charge in [-0.2, -0.15) is 0 Å². The van der Waals surface area contributed by atoms with Gasteiger partial charge in [-0.05, 0) is 24.3 Å². The summed E-state index contributed by atoms with van der Waals surface area (Å²) in [7, 11) is 0. The fraction of sp³-hybridized carbons (Fsp3) is 0.458. The van der Waals surface area contributed by atoms with Crippen LogP contribution in [0.3, 0.4) is 0 Å². The third kappa shape index (κ3) is 3.05. The molecule has 32 heavy (non-hydrogen) atoms. The van der Waals surface area contributed by atoms with Crippen molar-refractivity contribution in [1.82, 2.24) is 14.7 Å². The third-order valence-corrected chi connectivity index (χ3v) is 9.25. The predicted molar refractivity (Wildman–Crippen MR) is 124 cm³/mol. The molecule has 0 spiro atoms. The number of hydrogen-bond donors (Lipinski definition) is 0. The molecule has 6 rings (SSSR count). The van der Waals surface area contributed by atoms with Gasteiger partial charge in [-0.3, -0.25) is 24.2 Å². The second kappa shape index (κ2) is 7.68. The van der Waals surface area contributed by atoms with Crippen LogP contribution < -0.4 is 0 Å². The summed E-state index contributed by atoms with van der Waals surface area (Å²) in [6.07, 6.45) is 5.21. The summed E-state index contributed by atoms with van der Waals surface area (Å²) < 4.78 is 1.02. The van der Waals surface area contributed by atoms with Crippen molar-refractivity contribution in [2.45, 2.75) is 6.42 Å². The van der Waals surface area contributed by atoms with Gasteiger partial charge in [-0.25, -0.2) is 0 Å². The summed E-state index contributed by atoms with van der Waals surface area (Å²) in [6.45, 7) is 3.79. The molecule has 0 radical (unpaired) electrons. The third-order valence-electron chi connectivity index (χ3n) is 7.59. The van der Waals surface area contributed by atoms with Crippen molar-refractivity contribution < 1.29 is 14.4 Å². The Labute approximate surface area is 195 Å². The number of halogens is 1. The molecule has 3 fully saturated rings. The average molecular weight is 470 g/mol. The summed E-state index contributed by atoms with van der Waals surface area (Å²) in [4.78, 5) is 44.9. The minimum absolute atomic E-state index is 0.0171. The van der Waals surface area contributed by atoms with Gasteiger partial charge in [0.15, 0.2) is 0 Å². The highest BCUT2D eigenvalue weighted by Gasteiger charge is 2.59. The molecule has 3 amide bonds. The minimum atomic E-state index is -0.127. The van der Waals surface area contributed by atoms with Gasteiger partial charge in [-0.1, -0.05) is 42.0 Å². The maximum Gasteiger partial charge on any atom is 0.265 e. The van der Waals surface area contributed by atoms with Crippen LogP contribution in [0.25, 0.3) is 10.1 Å². The normalized spacial score (nSPS) is 29.5. The van der Waals surface area contributed by atoms with Crippen molar-refractivity contribution in [1.29, 1.82) is 0 Å². The van der Waals surface area contributed by atoms with Gasteiger partial charge >= 0.3 is 0 Å². The Morgan fingerprint density at radius 3 is 2.28 bits per heavy atom. The Hall–Kier alpha value is -2.22. The lowest BCUT2D eigenvalue weighted by Gasteiger charge is -2.35. The van der Waals surface area contributed by atoms with Gasteiger partial charge in [0, 0.05) is 49.4 Å². The Morgan fingerprint density at radius 1 is 0.969 bits per heavy atom. The Kier molecular flexibility index (Phi) is 4.89. The number of rotatable bonds is 4. The molecule has 1 aromatic heterocycles. The van der Waals surface area contributed by atoms with Crippen LogP contribution >= 0.6 is 22.9 Å². The fourth-order valence-electron chi connectivity index (χ4n) is 5.90. The summed E-state index contributed by atoms with van der Waals surface area (Å²) in [5, 5.41) is 1.47. The highest BCUT2D eigenvalue weighted by atomic mass is 35.5. The first kappa shape index (κ1) is 20.4. The van der Waals surface area contributed by atoms with Gasteiger partial charge in [-0.15, -0.1) is 11.3 Å². The van der Waals surface area contributed by atoms with Gasteiger partial charge in [0.2, 0.25) is 11.8 Å². The topological polar surface area (TPSA) is 60.9 Å². The highest BCUT2D eigenvalue weighted by Crippen LogP contribution is 2.52. The maximum atomic E-state index is 13.1. The average Bonchev–Trinajstić information content (AvgIpc) is 3.56. The Bertz CT molecular complexity index is 1120. The highest BCUT2D eigenvalue weighted by molar-refractivity contribution is 7.21. The standard InChI is InChI=1S/C24H24ClN3O3S/c25-20-16-3-1-2-4-17(16)32-21(20)24(31)27-10-7-26(8-11-27)9-12-28-22(29)18-14-5-6-15(13-14)19(18)23(28)30/h1-6,14-15,18-19H,7-13H2/t14-,15+,18+,19-. The number of piperazine rings is 1. The van der Waals surface area contributed by atoms with Crippen molar-refractivity contribution >= 4 is 50.7 Å². The number of thiophene rings is 1. The molecule has 4 atom stereocenters. The number of carbonyl (C=O) groups is 3. The van der Waals surface area contributed by atoms with E-state index in [1.807, 2.05) is 29.2 Å².